The van der Waals surface area contributed by atoms with Crippen LogP contribution in [0.2, 0.25) is 0 Å². The van der Waals surface area contributed by atoms with Gasteiger partial charge in [-0.2, -0.15) is 10.2 Å². The van der Waals surface area contributed by atoms with Crippen LogP contribution in [0.3, 0.4) is 0 Å². The lowest BCUT2D eigenvalue weighted by molar-refractivity contribution is -0.174. The topological polar surface area (TPSA) is 102 Å². The molecule has 9 heteroatoms. The van der Waals surface area contributed by atoms with Gasteiger partial charge in [0.05, 0.1) is 54.2 Å². The monoisotopic (exact) mass is 574 g/mol. The van der Waals surface area contributed by atoms with E-state index in [9.17, 15) is 19.4 Å². The van der Waals surface area contributed by atoms with Crippen LogP contribution in [0, 0.1) is 34.4 Å². The fourth-order valence-electron chi connectivity index (χ4n) is 9.36. The van der Waals surface area contributed by atoms with Crippen LogP contribution in [0.25, 0.3) is 11.8 Å². The summed E-state index contributed by atoms with van der Waals surface area (Å²) in [6.45, 7) is 6.80. The number of benzene rings is 1. The van der Waals surface area contributed by atoms with Crippen LogP contribution in [-0.2, 0) is 17.7 Å². The number of rotatable bonds is 5. The van der Waals surface area contributed by atoms with Crippen molar-refractivity contribution in [3.63, 3.8) is 0 Å². The Morgan fingerprint density at radius 2 is 1.95 bits per heavy atom. The number of ether oxygens (including phenoxy) is 1. The summed E-state index contributed by atoms with van der Waals surface area (Å²) in [6, 6.07) is 6.41. The molecule has 4 aliphatic rings. The summed E-state index contributed by atoms with van der Waals surface area (Å²) in [6.07, 6.45) is 11.5. The number of esters is 1. The number of aliphatic hydroxyl groups excluding tert-OH is 1. The van der Waals surface area contributed by atoms with E-state index >= 15 is 0 Å². The van der Waals surface area contributed by atoms with Gasteiger partial charge >= 0.3 is 5.97 Å². The van der Waals surface area contributed by atoms with Crippen molar-refractivity contribution in [2.45, 2.75) is 77.5 Å². The Kier molecular flexibility index (Phi) is 6.30. The fourth-order valence-corrected chi connectivity index (χ4v) is 9.36. The second-order valence-corrected chi connectivity index (χ2v) is 13.4. The fraction of sp³-hybridized carbons (Fsp3) is 0.545. The first-order valence-electron chi connectivity index (χ1n) is 15.2. The van der Waals surface area contributed by atoms with Crippen molar-refractivity contribution in [1.29, 1.82) is 0 Å². The zero-order valence-corrected chi connectivity index (χ0v) is 24.5. The largest absolute Gasteiger partial charge is 0.462 e. The van der Waals surface area contributed by atoms with E-state index in [1.807, 2.05) is 10.9 Å². The summed E-state index contributed by atoms with van der Waals surface area (Å²) >= 11 is 0. The number of hydrogen-bond donors (Lipinski definition) is 2. The zero-order valence-electron chi connectivity index (χ0n) is 24.5. The molecule has 7 rings (SSSR count). The molecule has 3 saturated carbocycles. The van der Waals surface area contributed by atoms with Crippen LogP contribution >= 0.6 is 0 Å². The minimum absolute atomic E-state index is 0.0837. The Labute approximate surface area is 245 Å². The Bertz CT molecular complexity index is 1560. The SMILES string of the molecule is CCOC(=O)c1cnn(CC2(O)CCC3C4CCC5=Cc6c(cnn6-c6ccc(F)cc6)CC5(C)C4C(O)CC32C)c1. The molecule has 7 unspecified atom stereocenters. The van der Waals surface area contributed by atoms with Crippen molar-refractivity contribution in [1.82, 2.24) is 19.6 Å². The van der Waals surface area contributed by atoms with Gasteiger partial charge in [-0.05, 0) is 105 Å². The zero-order chi connectivity index (χ0) is 29.4. The molecule has 0 radical (unpaired) electrons. The van der Waals surface area contributed by atoms with Gasteiger partial charge < -0.3 is 14.9 Å². The predicted molar refractivity (Wildman–Crippen MR) is 154 cm³/mol. The summed E-state index contributed by atoms with van der Waals surface area (Å²) in [4.78, 5) is 12.2. The van der Waals surface area contributed by atoms with Crippen LogP contribution in [0.5, 0.6) is 0 Å². The number of allylic oxidation sites excluding steroid dienone is 1. The van der Waals surface area contributed by atoms with Crippen molar-refractivity contribution >= 4 is 12.0 Å². The van der Waals surface area contributed by atoms with Crippen LogP contribution in [-0.4, -0.2) is 54.1 Å². The molecule has 8 nitrogen and oxygen atoms in total. The molecule has 7 atom stereocenters. The second-order valence-electron chi connectivity index (χ2n) is 13.4. The summed E-state index contributed by atoms with van der Waals surface area (Å²) < 4.78 is 22.2. The van der Waals surface area contributed by atoms with Crippen LogP contribution in [0.4, 0.5) is 4.39 Å². The van der Waals surface area contributed by atoms with Gasteiger partial charge in [-0.3, -0.25) is 4.68 Å². The van der Waals surface area contributed by atoms with E-state index in [4.69, 9.17) is 4.74 Å². The Balaban J connectivity index is 1.16. The first-order chi connectivity index (χ1) is 20.1. The Morgan fingerprint density at radius 3 is 2.71 bits per heavy atom. The van der Waals surface area contributed by atoms with Gasteiger partial charge in [-0.25, -0.2) is 13.9 Å². The van der Waals surface area contributed by atoms with E-state index in [2.05, 4.69) is 30.1 Å². The average Bonchev–Trinajstić information content (AvgIpc) is 3.64. The van der Waals surface area contributed by atoms with Gasteiger partial charge in [-0.1, -0.05) is 19.4 Å². The number of nitrogens with zero attached hydrogens (tertiary/aromatic N) is 4. The maximum Gasteiger partial charge on any atom is 0.341 e. The van der Waals surface area contributed by atoms with E-state index in [1.165, 1.54) is 23.9 Å². The van der Waals surface area contributed by atoms with Crippen molar-refractivity contribution in [3.8, 4) is 5.69 Å². The van der Waals surface area contributed by atoms with Gasteiger partial charge in [0.2, 0.25) is 0 Å². The number of fused-ring (bicyclic) bond motifs is 6. The molecule has 0 aliphatic heterocycles. The molecule has 0 bridgehead atoms. The van der Waals surface area contributed by atoms with Gasteiger partial charge in [0.15, 0.2) is 0 Å². The van der Waals surface area contributed by atoms with Crippen LogP contribution in [0.1, 0.15) is 74.5 Å². The normalized spacial score (nSPS) is 35.0. The standard InChI is InChI=1S/C33H39FN4O4/c1-4-42-30(40)21-17-35-37(18-21)19-33(41)12-11-26-25-10-5-22-13-27-20(16-36-38(27)24-8-6-23(34)7-9-24)14-31(22,2)29(25)28(39)15-32(26,33)3/h6-9,13,16-18,25-26,28-29,39,41H,4-5,10-12,14-15,19H2,1-3H3. The number of aromatic nitrogens is 4. The van der Waals surface area contributed by atoms with Gasteiger partial charge in [0.25, 0.3) is 0 Å². The Morgan fingerprint density at radius 1 is 1.17 bits per heavy atom. The van der Waals surface area contributed by atoms with E-state index in [0.29, 0.717) is 25.0 Å². The quantitative estimate of drug-likeness (QED) is 0.418. The molecular formula is C33H39FN4O4. The van der Waals surface area contributed by atoms with E-state index in [0.717, 1.165) is 42.6 Å². The highest BCUT2D eigenvalue weighted by Gasteiger charge is 2.66. The maximum atomic E-state index is 13.6. The summed E-state index contributed by atoms with van der Waals surface area (Å²) in [5, 5.41) is 33.2. The summed E-state index contributed by atoms with van der Waals surface area (Å²) in [5.74, 6) is -0.0399. The molecule has 2 N–H and O–H groups in total. The molecule has 222 valence electrons. The van der Waals surface area contributed by atoms with Crippen molar-refractivity contribution in [2.24, 2.45) is 28.6 Å². The number of carbonyl (C=O) groups excluding carboxylic acids is 1. The molecule has 42 heavy (non-hydrogen) atoms. The van der Waals surface area contributed by atoms with Crippen molar-refractivity contribution < 1.29 is 24.1 Å². The molecule has 4 aliphatic carbocycles. The number of carbonyl (C=O) groups is 1. The highest BCUT2D eigenvalue weighted by molar-refractivity contribution is 5.88. The van der Waals surface area contributed by atoms with Gasteiger partial charge in [-0.15, -0.1) is 0 Å². The third kappa shape index (κ3) is 3.96. The van der Waals surface area contributed by atoms with E-state index < -0.39 is 23.1 Å². The highest BCUT2D eigenvalue weighted by Crippen LogP contribution is 2.67. The van der Waals surface area contributed by atoms with Gasteiger partial charge in [0.1, 0.15) is 5.82 Å². The maximum absolute atomic E-state index is 13.6. The lowest BCUT2D eigenvalue weighted by atomic mass is 9.45. The van der Waals surface area contributed by atoms with Gasteiger partial charge in [0, 0.05) is 11.6 Å². The van der Waals surface area contributed by atoms with E-state index in [1.54, 1.807) is 29.9 Å². The van der Waals surface area contributed by atoms with E-state index in [-0.39, 0.29) is 35.5 Å². The molecular weight excluding hydrogens is 535 g/mol. The lowest BCUT2D eigenvalue weighted by Gasteiger charge is -2.60. The molecule has 2 aromatic heterocycles. The summed E-state index contributed by atoms with van der Waals surface area (Å²) in [5.41, 5.74) is 3.01. The lowest BCUT2D eigenvalue weighted by Crippen LogP contribution is -2.60. The van der Waals surface area contributed by atoms with Crippen LogP contribution in [0.15, 0.2) is 48.4 Å². The third-order valence-corrected chi connectivity index (χ3v) is 11.4. The molecule has 1 aromatic carbocycles. The molecule has 0 amide bonds. The minimum atomic E-state index is -1.05. The molecule has 2 heterocycles. The number of halogens is 1. The second kappa shape index (κ2) is 9.61. The highest BCUT2D eigenvalue weighted by atomic mass is 19.1. The van der Waals surface area contributed by atoms with Crippen LogP contribution < -0.4 is 0 Å². The number of hydrogen-bond acceptors (Lipinski definition) is 6. The molecule has 0 spiro atoms. The molecule has 3 fully saturated rings. The predicted octanol–water partition coefficient (Wildman–Crippen LogP) is 4.97. The minimum Gasteiger partial charge on any atom is -0.462 e. The van der Waals surface area contributed by atoms with Crippen molar-refractivity contribution in [3.05, 3.63) is 71.1 Å². The smallest absolute Gasteiger partial charge is 0.341 e. The molecule has 0 saturated heterocycles. The number of aliphatic hydroxyl groups is 2. The third-order valence-electron chi connectivity index (χ3n) is 11.4. The first kappa shape index (κ1) is 27.5. The van der Waals surface area contributed by atoms with Crippen molar-refractivity contribution in [2.75, 3.05) is 6.61 Å². The average molecular weight is 575 g/mol. The Hall–Kier alpha value is -3.30. The molecule has 3 aromatic rings. The first-order valence-corrected chi connectivity index (χ1v) is 15.2. The summed E-state index contributed by atoms with van der Waals surface area (Å²) in [7, 11) is 0.